The molecule has 166 valence electrons. The number of fused-ring (bicyclic) bond motifs is 5. The van der Waals surface area contributed by atoms with Gasteiger partial charge in [-0.15, -0.1) is 0 Å². The molecule has 1 N–H and O–H groups in total. The Morgan fingerprint density at radius 3 is 2.38 bits per heavy atom. The smallest absolute Gasteiger partial charge is 0.192 e. The van der Waals surface area contributed by atoms with Crippen LogP contribution in [0.25, 0.3) is 0 Å². The second kappa shape index (κ2) is 6.94. The quantitative estimate of drug-likeness (QED) is 0.388. The van der Waals surface area contributed by atoms with E-state index in [1.54, 1.807) is 0 Å². The maximum Gasteiger partial charge on any atom is 0.192 e. The van der Waals surface area contributed by atoms with Crippen molar-refractivity contribution in [2.24, 2.45) is 34.5 Å². The number of hydrogen-bond donors (Lipinski definition) is 1. The third kappa shape index (κ3) is 3.33. The van der Waals surface area contributed by atoms with Gasteiger partial charge in [0, 0.05) is 6.10 Å². The number of aliphatic hydroxyl groups excluding tert-OH is 1. The molecule has 0 aliphatic heterocycles. The first-order valence-corrected chi connectivity index (χ1v) is 15.2. The van der Waals surface area contributed by atoms with Gasteiger partial charge in [0.05, 0.1) is 6.10 Å². The van der Waals surface area contributed by atoms with Crippen molar-refractivity contribution >= 4 is 8.32 Å². The second-order valence-electron chi connectivity index (χ2n) is 13.2. The summed E-state index contributed by atoms with van der Waals surface area (Å²) in [6.07, 6.45) is 9.95. The zero-order valence-corrected chi connectivity index (χ0v) is 21.2. The van der Waals surface area contributed by atoms with Gasteiger partial charge in [-0.05, 0) is 104 Å². The summed E-state index contributed by atoms with van der Waals surface area (Å²) in [5, 5.41) is 11.7. The van der Waals surface area contributed by atoms with E-state index in [0.717, 1.165) is 12.8 Å². The van der Waals surface area contributed by atoms with Crippen molar-refractivity contribution < 1.29 is 9.53 Å². The van der Waals surface area contributed by atoms with Crippen molar-refractivity contribution in [3.8, 4) is 0 Å². The summed E-state index contributed by atoms with van der Waals surface area (Å²) in [6, 6.07) is 0. The fourth-order valence-electron chi connectivity index (χ4n) is 7.79. The van der Waals surface area contributed by atoms with Gasteiger partial charge >= 0.3 is 0 Å². The van der Waals surface area contributed by atoms with Gasteiger partial charge in [0.15, 0.2) is 8.32 Å². The van der Waals surface area contributed by atoms with E-state index < -0.39 is 8.32 Å². The van der Waals surface area contributed by atoms with Crippen LogP contribution in [0.2, 0.25) is 18.1 Å². The van der Waals surface area contributed by atoms with Crippen LogP contribution in [0.1, 0.15) is 86.0 Å². The Morgan fingerprint density at radius 1 is 1.03 bits per heavy atom. The van der Waals surface area contributed by atoms with Gasteiger partial charge in [-0.2, -0.15) is 0 Å². The minimum absolute atomic E-state index is 0.125. The van der Waals surface area contributed by atoms with Crippen LogP contribution in [0.15, 0.2) is 12.2 Å². The molecule has 8 atom stereocenters. The van der Waals surface area contributed by atoms with Gasteiger partial charge in [0.1, 0.15) is 0 Å². The second-order valence-corrected chi connectivity index (χ2v) is 17.9. The molecule has 0 aromatic heterocycles. The fraction of sp³-hybridized carbons (Fsp3) is 0.923. The molecular weight excluding hydrogens is 372 g/mol. The number of hydrogen-bond acceptors (Lipinski definition) is 2. The van der Waals surface area contributed by atoms with Gasteiger partial charge < -0.3 is 9.53 Å². The lowest BCUT2D eigenvalue weighted by atomic mass is 9.44. The first-order chi connectivity index (χ1) is 13.3. The molecule has 0 aromatic rings. The predicted octanol–water partition coefficient (Wildman–Crippen LogP) is 6.95. The predicted molar refractivity (Wildman–Crippen MR) is 124 cm³/mol. The topological polar surface area (TPSA) is 29.5 Å². The molecular formula is C26H46O2Si. The summed E-state index contributed by atoms with van der Waals surface area (Å²) in [5.74, 6) is 2.46. The molecule has 2 nitrogen and oxygen atoms in total. The van der Waals surface area contributed by atoms with Gasteiger partial charge in [-0.1, -0.05) is 46.8 Å². The van der Waals surface area contributed by atoms with Crippen molar-refractivity contribution in [2.75, 3.05) is 0 Å². The molecule has 5 unspecified atom stereocenters. The molecule has 0 saturated heterocycles. The fourth-order valence-corrected chi connectivity index (χ4v) is 9.19. The van der Waals surface area contributed by atoms with Gasteiger partial charge in [0.25, 0.3) is 0 Å². The molecule has 0 amide bonds. The number of aliphatic hydroxyl groups is 1. The highest BCUT2D eigenvalue weighted by atomic mass is 28.4. The molecule has 0 aromatic carbocycles. The Bertz CT molecular complexity index is 664. The van der Waals surface area contributed by atoms with E-state index >= 15 is 0 Å². The molecule has 4 fully saturated rings. The first-order valence-electron chi connectivity index (χ1n) is 12.3. The first kappa shape index (κ1) is 22.1. The van der Waals surface area contributed by atoms with E-state index in [4.69, 9.17) is 4.43 Å². The van der Waals surface area contributed by atoms with Gasteiger partial charge in [0.2, 0.25) is 0 Å². The van der Waals surface area contributed by atoms with Gasteiger partial charge in [-0.25, -0.2) is 0 Å². The lowest BCUT2D eigenvalue weighted by Gasteiger charge is -2.62. The van der Waals surface area contributed by atoms with Crippen LogP contribution in [-0.4, -0.2) is 25.6 Å². The Morgan fingerprint density at radius 2 is 1.72 bits per heavy atom. The van der Waals surface area contributed by atoms with Crippen molar-refractivity contribution in [2.45, 2.75) is 116 Å². The minimum Gasteiger partial charge on any atom is -0.414 e. The molecule has 4 aliphatic carbocycles. The number of allylic oxidation sites excluding steroid dienone is 1. The van der Waals surface area contributed by atoms with E-state index in [9.17, 15) is 5.11 Å². The average molecular weight is 419 g/mol. The molecule has 0 spiro atoms. The van der Waals surface area contributed by atoms with Crippen LogP contribution in [0, 0.1) is 34.5 Å². The third-order valence-corrected chi connectivity index (χ3v) is 15.4. The highest BCUT2D eigenvalue weighted by Gasteiger charge is 2.61. The lowest BCUT2D eigenvalue weighted by molar-refractivity contribution is -0.163. The van der Waals surface area contributed by atoms with E-state index in [1.807, 2.05) is 0 Å². The van der Waals surface area contributed by atoms with Crippen LogP contribution >= 0.6 is 0 Å². The van der Waals surface area contributed by atoms with Crippen molar-refractivity contribution in [1.82, 2.24) is 0 Å². The minimum atomic E-state index is -1.73. The van der Waals surface area contributed by atoms with Crippen LogP contribution in [0.3, 0.4) is 0 Å². The zero-order chi connectivity index (χ0) is 21.4. The van der Waals surface area contributed by atoms with E-state index in [1.165, 1.54) is 44.1 Å². The summed E-state index contributed by atoms with van der Waals surface area (Å²) >= 11 is 0. The van der Waals surface area contributed by atoms with Gasteiger partial charge in [-0.3, -0.25) is 0 Å². The Balaban J connectivity index is 1.53. The molecule has 0 bridgehead atoms. The van der Waals surface area contributed by atoms with Crippen LogP contribution < -0.4 is 0 Å². The Kier molecular flexibility index (Phi) is 5.28. The standard InChI is InChI=1S/C26H46O2Si/c1-17-9-10-20-23-21(12-14-25(17,20)5)26(6)13-11-19(15-18(26)16-22(23)27)28-29(7,8)24(2,3)4/h18-23,27H,1,9-16H2,2-8H3/t18?,19?,20?,21?,22-,23?,25+,26-/m0/s1. The molecule has 3 heteroatoms. The summed E-state index contributed by atoms with van der Waals surface area (Å²) < 4.78 is 6.85. The van der Waals surface area contributed by atoms with Crippen LogP contribution in [0.4, 0.5) is 0 Å². The molecule has 0 radical (unpaired) electrons. The average Bonchev–Trinajstić information content (AvgIpc) is 2.90. The molecule has 4 rings (SSSR count). The SMILES string of the molecule is C=C1CCC2C3C(CC[C@]12C)[C@@]1(C)CCC(O[Si](C)(C)C(C)(C)C)CC1C[C@@H]3O. The van der Waals surface area contributed by atoms with E-state index in [2.05, 4.69) is 54.3 Å². The Labute approximate surface area is 181 Å². The Hall–Kier alpha value is -0.123. The van der Waals surface area contributed by atoms with Crippen LogP contribution in [-0.2, 0) is 4.43 Å². The highest BCUT2D eigenvalue weighted by molar-refractivity contribution is 6.74. The van der Waals surface area contributed by atoms with Crippen molar-refractivity contribution in [1.29, 1.82) is 0 Å². The largest absolute Gasteiger partial charge is 0.414 e. The highest BCUT2D eigenvalue weighted by Crippen LogP contribution is 2.67. The summed E-state index contributed by atoms with van der Waals surface area (Å²) in [5.41, 5.74) is 2.14. The van der Waals surface area contributed by atoms with E-state index in [-0.39, 0.29) is 16.6 Å². The summed E-state index contributed by atoms with van der Waals surface area (Å²) in [7, 11) is -1.73. The maximum absolute atomic E-state index is 11.4. The van der Waals surface area contributed by atoms with Crippen molar-refractivity contribution in [3.05, 3.63) is 12.2 Å². The monoisotopic (exact) mass is 418 g/mol. The molecule has 4 saturated carbocycles. The lowest BCUT2D eigenvalue weighted by Crippen LogP contribution is -2.58. The maximum atomic E-state index is 11.4. The van der Waals surface area contributed by atoms with Crippen LogP contribution in [0.5, 0.6) is 0 Å². The summed E-state index contributed by atoms with van der Waals surface area (Å²) in [4.78, 5) is 0. The van der Waals surface area contributed by atoms with E-state index in [0.29, 0.717) is 35.2 Å². The normalized spacial score (nSPS) is 48.1. The molecule has 0 heterocycles. The number of rotatable bonds is 2. The van der Waals surface area contributed by atoms with Crippen molar-refractivity contribution in [3.63, 3.8) is 0 Å². The zero-order valence-electron chi connectivity index (χ0n) is 20.2. The summed E-state index contributed by atoms with van der Waals surface area (Å²) in [6.45, 7) is 21.3. The third-order valence-electron chi connectivity index (χ3n) is 10.9. The molecule has 29 heavy (non-hydrogen) atoms. The molecule has 4 aliphatic rings.